The number of unbranched alkanes of at least 4 members (excludes halogenated alkanes) is 1. The third kappa shape index (κ3) is 2.17. The van der Waals surface area contributed by atoms with Gasteiger partial charge in [0.2, 0.25) is 0 Å². The van der Waals surface area contributed by atoms with E-state index in [1.54, 1.807) is 0 Å². The highest BCUT2D eigenvalue weighted by molar-refractivity contribution is 5.64. The molecule has 0 saturated heterocycles. The molecule has 1 atom stereocenters. The average Bonchev–Trinajstić information content (AvgIpc) is 2.67. The topological polar surface area (TPSA) is 43.1 Å². The molecule has 0 aromatic carbocycles. The lowest BCUT2D eigenvalue weighted by atomic mass is 9.99. The summed E-state index contributed by atoms with van der Waals surface area (Å²) in [5, 5.41) is 0. The number of oxazole rings is 1. The molecule has 0 N–H and O–H groups in total. The number of hydrogen-bond acceptors (Lipinski definition) is 3. The number of rotatable bonds is 4. The third-order valence-electron chi connectivity index (χ3n) is 2.61. The monoisotopic (exact) mass is 205 g/mol. The Morgan fingerprint density at radius 3 is 3.27 bits per heavy atom. The van der Waals surface area contributed by atoms with E-state index in [0.717, 1.165) is 42.9 Å². The van der Waals surface area contributed by atoms with Gasteiger partial charge in [-0.3, -0.25) is 0 Å². The quantitative estimate of drug-likeness (QED) is 0.709. The lowest BCUT2D eigenvalue weighted by Crippen LogP contribution is -2.06. The fraction of sp³-hybridized carbons (Fsp3) is 0.500. The van der Waals surface area contributed by atoms with Gasteiger partial charge in [0, 0.05) is 18.8 Å². The minimum Gasteiger partial charge on any atom is -0.445 e. The summed E-state index contributed by atoms with van der Waals surface area (Å²) in [6, 6.07) is 0. The van der Waals surface area contributed by atoms with Crippen LogP contribution in [-0.2, 0) is 17.6 Å². The van der Waals surface area contributed by atoms with Gasteiger partial charge in [-0.15, -0.1) is 0 Å². The highest BCUT2D eigenvalue weighted by atomic mass is 16.4. The molecule has 3 heteroatoms. The summed E-state index contributed by atoms with van der Waals surface area (Å²) in [7, 11) is 0. The number of carbonyl (C=O) groups is 1. The van der Waals surface area contributed by atoms with Gasteiger partial charge in [-0.25, -0.2) is 4.98 Å². The molecule has 1 aliphatic carbocycles. The first-order chi connectivity index (χ1) is 7.33. The number of aromatic nitrogens is 1. The van der Waals surface area contributed by atoms with Crippen LogP contribution >= 0.6 is 0 Å². The molecular formula is C12H15NO2. The summed E-state index contributed by atoms with van der Waals surface area (Å²) >= 11 is 0. The van der Waals surface area contributed by atoms with Crippen LogP contribution in [0.2, 0.25) is 0 Å². The SMILES string of the molecule is CCCCc1nc2c(o1)CC(C=O)C=C2. The van der Waals surface area contributed by atoms with Crippen LogP contribution in [0.25, 0.3) is 6.08 Å². The zero-order valence-electron chi connectivity index (χ0n) is 8.90. The van der Waals surface area contributed by atoms with Gasteiger partial charge in [0.1, 0.15) is 17.7 Å². The molecule has 1 aromatic heterocycles. The van der Waals surface area contributed by atoms with Crippen molar-refractivity contribution in [3.05, 3.63) is 23.4 Å². The van der Waals surface area contributed by atoms with E-state index >= 15 is 0 Å². The van der Waals surface area contributed by atoms with E-state index in [0.29, 0.717) is 6.42 Å². The van der Waals surface area contributed by atoms with Gasteiger partial charge < -0.3 is 9.21 Å². The fourth-order valence-corrected chi connectivity index (χ4v) is 1.72. The van der Waals surface area contributed by atoms with Crippen molar-refractivity contribution in [2.24, 2.45) is 5.92 Å². The van der Waals surface area contributed by atoms with E-state index in [4.69, 9.17) is 4.42 Å². The molecule has 15 heavy (non-hydrogen) atoms. The van der Waals surface area contributed by atoms with E-state index in [-0.39, 0.29) is 5.92 Å². The smallest absolute Gasteiger partial charge is 0.194 e. The molecule has 0 bridgehead atoms. The summed E-state index contributed by atoms with van der Waals surface area (Å²) in [5.41, 5.74) is 0.902. The van der Waals surface area contributed by atoms with Crippen LogP contribution in [-0.4, -0.2) is 11.3 Å². The molecule has 1 unspecified atom stereocenters. The van der Waals surface area contributed by atoms with Crippen molar-refractivity contribution < 1.29 is 9.21 Å². The van der Waals surface area contributed by atoms with E-state index in [1.807, 2.05) is 12.2 Å². The summed E-state index contributed by atoms with van der Waals surface area (Å²) in [4.78, 5) is 15.0. The lowest BCUT2D eigenvalue weighted by Gasteiger charge is -2.06. The molecule has 1 aliphatic rings. The molecule has 3 nitrogen and oxygen atoms in total. The van der Waals surface area contributed by atoms with E-state index in [2.05, 4.69) is 11.9 Å². The first kappa shape index (κ1) is 10.1. The predicted molar refractivity (Wildman–Crippen MR) is 57.4 cm³/mol. The fourth-order valence-electron chi connectivity index (χ4n) is 1.72. The number of nitrogens with zero attached hydrogens (tertiary/aromatic N) is 1. The predicted octanol–water partition coefficient (Wildman–Crippen LogP) is 2.40. The molecule has 0 spiro atoms. The third-order valence-corrected chi connectivity index (χ3v) is 2.61. The van der Waals surface area contributed by atoms with Gasteiger partial charge in [-0.2, -0.15) is 0 Å². The van der Waals surface area contributed by atoms with Gasteiger partial charge in [-0.05, 0) is 12.5 Å². The van der Waals surface area contributed by atoms with Crippen molar-refractivity contribution in [2.75, 3.05) is 0 Å². The Hall–Kier alpha value is -1.38. The van der Waals surface area contributed by atoms with Crippen molar-refractivity contribution in [3.63, 3.8) is 0 Å². The van der Waals surface area contributed by atoms with Crippen molar-refractivity contribution in [2.45, 2.75) is 32.6 Å². The first-order valence-corrected chi connectivity index (χ1v) is 5.45. The van der Waals surface area contributed by atoms with Gasteiger partial charge in [0.05, 0.1) is 0 Å². The lowest BCUT2D eigenvalue weighted by molar-refractivity contribution is -0.110. The molecule has 1 heterocycles. The summed E-state index contributed by atoms with van der Waals surface area (Å²) in [5.74, 6) is 1.63. The van der Waals surface area contributed by atoms with Crippen LogP contribution in [0, 0.1) is 5.92 Å². The number of allylic oxidation sites excluding steroid dienone is 1. The van der Waals surface area contributed by atoms with Crippen LogP contribution in [0.3, 0.4) is 0 Å². The van der Waals surface area contributed by atoms with Crippen LogP contribution in [0.5, 0.6) is 0 Å². The maximum absolute atomic E-state index is 10.6. The zero-order valence-corrected chi connectivity index (χ0v) is 8.90. The van der Waals surface area contributed by atoms with Crippen LogP contribution in [0.1, 0.15) is 37.1 Å². The van der Waals surface area contributed by atoms with Crippen molar-refractivity contribution in [1.82, 2.24) is 4.98 Å². The Labute approximate surface area is 89.2 Å². The van der Waals surface area contributed by atoms with Crippen LogP contribution in [0.4, 0.5) is 0 Å². The molecule has 0 amide bonds. The maximum Gasteiger partial charge on any atom is 0.194 e. The molecule has 0 aliphatic heterocycles. The van der Waals surface area contributed by atoms with Gasteiger partial charge >= 0.3 is 0 Å². The Bertz CT molecular complexity index is 379. The number of carbonyl (C=O) groups excluding carboxylic acids is 1. The minimum absolute atomic E-state index is 0.0375. The molecule has 1 aromatic rings. The normalized spacial score (nSPS) is 18.9. The van der Waals surface area contributed by atoms with Crippen LogP contribution < -0.4 is 0 Å². The standard InChI is InChI=1S/C12H15NO2/c1-2-3-4-12-13-10-6-5-9(8-14)7-11(10)15-12/h5-6,8-9H,2-4,7H2,1H3. The second-order valence-electron chi connectivity index (χ2n) is 3.88. The average molecular weight is 205 g/mol. The highest BCUT2D eigenvalue weighted by Crippen LogP contribution is 2.23. The van der Waals surface area contributed by atoms with Crippen molar-refractivity contribution in [1.29, 1.82) is 0 Å². The highest BCUT2D eigenvalue weighted by Gasteiger charge is 2.18. The Morgan fingerprint density at radius 1 is 1.67 bits per heavy atom. The van der Waals surface area contributed by atoms with E-state index in [1.165, 1.54) is 0 Å². The molecule has 0 fully saturated rings. The van der Waals surface area contributed by atoms with Crippen molar-refractivity contribution in [3.8, 4) is 0 Å². The summed E-state index contributed by atoms with van der Waals surface area (Å²) in [6.07, 6.45) is 8.52. The minimum atomic E-state index is -0.0375. The number of hydrogen-bond donors (Lipinski definition) is 0. The van der Waals surface area contributed by atoms with E-state index < -0.39 is 0 Å². The first-order valence-electron chi connectivity index (χ1n) is 5.45. The molecule has 2 rings (SSSR count). The zero-order chi connectivity index (χ0) is 10.7. The number of aldehydes is 1. The summed E-state index contributed by atoms with van der Waals surface area (Å²) < 4.78 is 5.62. The van der Waals surface area contributed by atoms with Crippen molar-refractivity contribution >= 4 is 12.4 Å². The van der Waals surface area contributed by atoms with Gasteiger partial charge in [0.25, 0.3) is 0 Å². The largest absolute Gasteiger partial charge is 0.445 e. The van der Waals surface area contributed by atoms with E-state index in [9.17, 15) is 4.79 Å². The molecular weight excluding hydrogens is 190 g/mol. The summed E-state index contributed by atoms with van der Waals surface area (Å²) in [6.45, 7) is 2.14. The Balaban J connectivity index is 2.12. The number of aryl methyl sites for hydroxylation is 1. The number of fused-ring (bicyclic) bond motifs is 1. The van der Waals surface area contributed by atoms with Crippen LogP contribution in [0.15, 0.2) is 10.5 Å². The second kappa shape index (κ2) is 4.43. The molecule has 0 radical (unpaired) electrons. The maximum atomic E-state index is 10.6. The van der Waals surface area contributed by atoms with Gasteiger partial charge in [-0.1, -0.05) is 19.4 Å². The Morgan fingerprint density at radius 2 is 2.53 bits per heavy atom. The molecule has 0 saturated carbocycles. The second-order valence-corrected chi connectivity index (χ2v) is 3.88. The molecule has 80 valence electrons. The van der Waals surface area contributed by atoms with Gasteiger partial charge in [0.15, 0.2) is 5.89 Å². The Kier molecular flexibility index (Phi) is 2.99.